The molecule has 2 nitrogen and oxygen atoms in total. The zero-order chi connectivity index (χ0) is 8.67. The average Bonchev–Trinajstić information content (AvgIpc) is 2.73. The maximum absolute atomic E-state index is 5.52. The highest BCUT2D eigenvalue weighted by molar-refractivity contribution is 5.65. The first-order valence-corrected chi connectivity index (χ1v) is 5.27. The molecule has 0 aromatic heterocycles. The molecule has 0 bridgehead atoms. The molecule has 2 aliphatic heterocycles. The summed E-state index contributed by atoms with van der Waals surface area (Å²) < 4.78 is 5.52. The van der Waals surface area contributed by atoms with E-state index in [2.05, 4.69) is 4.99 Å². The Balaban J connectivity index is 1.54. The maximum atomic E-state index is 5.52. The predicted octanol–water partition coefficient (Wildman–Crippen LogP) is 2.30. The minimum Gasteiger partial charge on any atom is -0.370 e. The second kappa shape index (κ2) is 2.95. The van der Waals surface area contributed by atoms with E-state index in [1.54, 1.807) is 0 Å². The average molecular weight is 177 g/mol. The van der Waals surface area contributed by atoms with E-state index in [-0.39, 0.29) is 0 Å². The lowest BCUT2D eigenvalue weighted by atomic mass is 9.84. The van der Waals surface area contributed by atoms with E-state index in [9.17, 15) is 0 Å². The molecule has 0 aromatic carbocycles. The van der Waals surface area contributed by atoms with E-state index in [4.69, 9.17) is 4.74 Å². The van der Waals surface area contributed by atoms with E-state index < -0.39 is 0 Å². The summed E-state index contributed by atoms with van der Waals surface area (Å²) in [7, 11) is 0. The van der Waals surface area contributed by atoms with Crippen LogP contribution in [0.3, 0.4) is 0 Å². The Morgan fingerprint density at radius 1 is 1.38 bits per heavy atom. The molecule has 70 valence electrons. The van der Waals surface area contributed by atoms with Gasteiger partial charge < -0.3 is 4.74 Å². The molecule has 3 rings (SSSR count). The van der Waals surface area contributed by atoms with Gasteiger partial charge in [0.15, 0.2) is 0 Å². The second-order valence-corrected chi connectivity index (χ2v) is 4.42. The fourth-order valence-corrected chi connectivity index (χ4v) is 2.56. The number of hydrogen-bond acceptors (Lipinski definition) is 2. The number of fused-ring (bicyclic) bond motifs is 1. The molecular weight excluding hydrogens is 162 g/mol. The van der Waals surface area contributed by atoms with Crippen LogP contribution in [0.25, 0.3) is 0 Å². The zero-order valence-corrected chi connectivity index (χ0v) is 7.78. The first-order valence-electron chi connectivity index (χ1n) is 5.27. The number of allylic oxidation sites excluding steroid dienone is 1. The van der Waals surface area contributed by atoms with Crippen LogP contribution in [0.4, 0.5) is 0 Å². The summed E-state index contributed by atoms with van der Waals surface area (Å²) >= 11 is 0. The van der Waals surface area contributed by atoms with Gasteiger partial charge in [-0.1, -0.05) is 0 Å². The third-order valence-electron chi connectivity index (χ3n) is 3.38. The van der Waals surface area contributed by atoms with Gasteiger partial charge in [-0.2, -0.15) is 0 Å². The molecule has 2 heterocycles. The summed E-state index contributed by atoms with van der Waals surface area (Å²) in [6, 6.07) is 0. The Morgan fingerprint density at radius 3 is 3.15 bits per heavy atom. The fraction of sp³-hybridized carbons (Fsp3) is 0.727. The molecule has 0 radical (unpaired) electrons. The number of epoxide rings is 1. The van der Waals surface area contributed by atoms with Crippen LogP contribution in [0, 0.1) is 5.92 Å². The maximum Gasteiger partial charge on any atom is 0.0844 e. The van der Waals surface area contributed by atoms with Crippen LogP contribution in [0.2, 0.25) is 0 Å². The largest absolute Gasteiger partial charge is 0.370 e. The van der Waals surface area contributed by atoms with Crippen LogP contribution in [0.15, 0.2) is 16.8 Å². The van der Waals surface area contributed by atoms with Crippen molar-refractivity contribution >= 4 is 6.21 Å². The molecule has 1 saturated carbocycles. The molecule has 3 unspecified atom stereocenters. The van der Waals surface area contributed by atoms with Gasteiger partial charge in [0.2, 0.25) is 0 Å². The van der Waals surface area contributed by atoms with Crippen molar-refractivity contribution in [2.45, 2.75) is 44.3 Å². The van der Waals surface area contributed by atoms with Gasteiger partial charge in [0.25, 0.3) is 0 Å². The Hall–Kier alpha value is -0.630. The summed E-state index contributed by atoms with van der Waals surface area (Å²) in [5.74, 6) is 0.872. The van der Waals surface area contributed by atoms with E-state index in [0.717, 1.165) is 12.3 Å². The van der Waals surface area contributed by atoms with Crippen molar-refractivity contribution in [1.29, 1.82) is 0 Å². The van der Waals surface area contributed by atoms with Crippen LogP contribution in [-0.2, 0) is 4.74 Å². The van der Waals surface area contributed by atoms with E-state index >= 15 is 0 Å². The van der Waals surface area contributed by atoms with E-state index in [1.165, 1.54) is 31.3 Å². The summed E-state index contributed by atoms with van der Waals surface area (Å²) in [6.45, 7) is 0. The molecule has 1 saturated heterocycles. The molecule has 0 N–H and O–H groups in total. The fourth-order valence-electron chi connectivity index (χ4n) is 2.56. The molecule has 2 fully saturated rings. The topological polar surface area (TPSA) is 24.9 Å². The summed E-state index contributed by atoms with van der Waals surface area (Å²) in [4.78, 5) is 4.14. The van der Waals surface area contributed by atoms with E-state index in [1.807, 2.05) is 12.4 Å². The van der Waals surface area contributed by atoms with Gasteiger partial charge in [-0.15, -0.1) is 0 Å². The van der Waals surface area contributed by atoms with Crippen LogP contribution < -0.4 is 0 Å². The lowest BCUT2D eigenvalue weighted by Crippen LogP contribution is -2.13. The Bertz CT molecular complexity index is 269. The number of aliphatic imine (C=N–C) groups is 1. The van der Waals surface area contributed by atoms with Crippen LogP contribution in [0.1, 0.15) is 32.1 Å². The molecule has 0 amide bonds. The summed E-state index contributed by atoms with van der Waals surface area (Å²) in [6.07, 6.45) is 11.6. The van der Waals surface area contributed by atoms with Gasteiger partial charge >= 0.3 is 0 Å². The molecule has 3 aliphatic rings. The Morgan fingerprint density at radius 2 is 2.38 bits per heavy atom. The highest BCUT2D eigenvalue weighted by Crippen LogP contribution is 2.41. The molecular formula is C11H15NO. The number of nitrogens with zero attached hydrogens (tertiary/aromatic N) is 1. The molecule has 1 aliphatic carbocycles. The number of hydrogen-bond donors (Lipinski definition) is 0. The second-order valence-electron chi connectivity index (χ2n) is 4.42. The van der Waals surface area contributed by atoms with Crippen LogP contribution >= 0.6 is 0 Å². The van der Waals surface area contributed by atoms with Gasteiger partial charge in [0.1, 0.15) is 0 Å². The van der Waals surface area contributed by atoms with Gasteiger partial charge in [0, 0.05) is 18.8 Å². The Labute approximate surface area is 78.7 Å². The molecule has 0 spiro atoms. The molecule has 2 heteroatoms. The number of ether oxygens (including phenoxy) is 1. The molecule has 3 atom stereocenters. The highest BCUT2D eigenvalue weighted by atomic mass is 16.6. The monoisotopic (exact) mass is 177 g/mol. The number of rotatable bonds is 2. The lowest BCUT2D eigenvalue weighted by molar-refractivity contribution is 0.360. The van der Waals surface area contributed by atoms with Gasteiger partial charge in [-0.25, -0.2) is 0 Å². The Kier molecular flexibility index (Phi) is 1.76. The van der Waals surface area contributed by atoms with Crippen LogP contribution in [0.5, 0.6) is 0 Å². The first-order chi connectivity index (χ1) is 6.42. The van der Waals surface area contributed by atoms with Crippen molar-refractivity contribution in [1.82, 2.24) is 0 Å². The molecule has 13 heavy (non-hydrogen) atoms. The van der Waals surface area contributed by atoms with Gasteiger partial charge in [0.05, 0.1) is 12.2 Å². The third-order valence-corrected chi connectivity index (χ3v) is 3.38. The SMILES string of the molecule is C1=NC=C(CC2CCC3OC3C2)C1. The van der Waals surface area contributed by atoms with Crippen molar-refractivity contribution < 1.29 is 4.74 Å². The third kappa shape index (κ3) is 1.55. The zero-order valence-electron chi connectivity index (χ0n) is 7.78. The first kappa shape index (κ1) is 7.74. The summed E-state index contributed by atoms with van der Waals surface area (Å²) in [5, 5.41) is 0. The van der Waals surface area contributed by atoms with E-state index in [0.29, 0.717) is 12.2 Å². The summed E-state index contributed by atoms with van der Waals surface area (Å²) in [5.41, 5.74) is 1.52. The van der Waals surface area contributed by atoms with Crippen molar-refractivity contribution in [3.8, 4) is 0 Å². The molecule has 0 aromatic rings. The van der Waals surface area contributed by atoms with Crippen molar-refractivity contribution in [2.75, 3.05) is 0 Å². The standard InChI is InChI=1S/C11H15NO/c1-2-10-11(13-10)6-8(1)5-9-3-4-12-7-9/h4,7-8,10-11H,1-3,5-6H2. The van der Waals surface area contributed by atoms with Gasteiger partial charge in [-0.05, 0) is 37.2 Å². The highest BCUT2D eigenvalue weighted by Gasteiger charge is 2.43. The normalized spacial score (nSPS) is 41.5. The van der Waals surface area contributed by atoms with Crippen LogP contribution in [-0.4, -0.2) is 18.4 Å². The lowest BCUT2D eigenvalue weighted by Gasteiger charge is -2.18. The minimum atomic E-state index is 0.627. The predicted molar refractivity (Wildman–Crippen MR) is 51.8 cm³/mol. The quantitative estimate of drug-likeness (QED) is 0.594. The smallest absolute Gasteiger partial charge is 0.0844 e. The van der Waals surface area contributed by atoms with Crippen molar-refractivity contribution in [2.24, 2.45) is 10.9 Å². The van der Waals surface area contributed by atoms with Gasteiger partial charge in [-0.3, -0.25) is 4.99 Å². The van der Waals surface area contributed by atoms with Crippen molar-refractivity contribution in [3.05, 3.63) is 11.8 Å². The van der Waals surface area contributed by atoms with Crippen molar-refractivity contribution in [3.63, 3.8) is 0 Å². The minimum absolute atomic E-state index is 0.627.